The topological polar surface area (TPSA) is 37.3 Å². The Bertz CT molecular complexity index is 359. The van der Waals surface area contributed by atoms with Gasteiger partial charge in [0.2, 0.25) is 0 Å². The van der Waals surface area contributed by atoms with Crippen molar-refractivity contribution < 1.29 is 9.90 Å². The minimum absolute atomic E-state index is 0.297. The van der Waals surface area contributed by atoms with Crippen molar-refractivity contribution in [3.63, 3.8) is 0 Å². The highest BCUT2D eigenvalue weighted by molar-refractivity contribution is 7.99. The number of hydrogen-bond acceptors (Lipinski definition) is 2. The summed E-state index contributed by atoms with van der Waals surface area (Å²) in [5.74, 6) is 0.188. The van der Waals surface area contributed by atoms with E-state index in [0.717, 1.165) is 11.3 Å². The van der Waals surface area contributed by atoms with Crippen molar-refractivity contribution in [2.75, 3.05) is 5.75 Å². The van der Waals surface area contributed by atoms with E-state index in [-0.39, 0.29) is 5.92 Å². The Kier molecular flexibility index (Phi) is 5.56. The standard InChI is InChI=1S/C14H20O2S/c1-4-10(2)12-5-7-13(8-6-12)17-9-11(3)14(15)16/h5-8,10-11H,4,9H2,1-3H3,(H,15,16). The molecule has 0 aliphatic rings. The highest BCUT2D eigenvalue weighted by atomic mass is 32.2. The Morgan fingerprint density at radius 2 is 1.88 bits per heavy atom. The summed E-state index contributed by atoms with van der Waals surface area (Å²) in [6, 6.07) is 8.45. The van der Waals surface area contributed by atoms with E-state index in [1.807, 2.05) is 0 Å². The molecule has 1 aromatic carbocycles. The molecule has 1 rings (SSSR count). The van der Waals surface area contributed by atoms with E-state index < -0.39 is 5.97 Å². The molecule has 2 unspecified atom stereocenters. The zero-order chi connectivity index (χ0) is 12.8. The second kappa shape index (κ2) is 6.70. The summed E-state index contributed by atoms with van der Waals surface area (Å²) in [5, 5.41) is 8.80. The van der Waals surface area contributed by atoms with Gasteiger partial charge in [-0.3, -0.25) is 4.79 Å². The highest BCUT2D eigenvalue weighted by Gasteiger charge is 2.11. The van der Waals surface area contributed by atoms with E-state index in [9.17, 15) is 4.79 Å². The number of hydrogen-bond donors (Lipinski definition) is 1. The normalized spacial score (nSPS) is 14.3. The molecule has 17 heavy (non-hydrogen) atoms. The van der Waals surface area contributed by atoms with Crippen LogP contribution < -0.4 is 0 Å². The summed E-state index contributed by atoms with van der Waals surface area (Å²) in [4.78, 5) is 11.8. The summed E-state index contributed by atoms with van der Waals surface area (Å²) >= 11 is 1.60. The largest absolute Gasteiger partial charge is 0.481 e. The van der Waals surface area contributed by atoms with Gasteiger partial charge < -0.3 is 5.11 Å². The third-order valence-electron chi connectivity index (χ3n) is 2.98. The lowest BCUT2D eigenvalue weighted by atomic mass is 9.99. The van der Waals surface area contributed by atoms with Crippen LogP contribution in [0, 0.1) is 5.92 Å². The van der Waals surface area contributed by atoms with Crippen molar-refractivity contribution in [3.05, 3.63) is 29.8 Å². The van der Waals surface area contributed by atoms with Gasteiger partial charge in [-0.1, -0.05) is 32.9 Å². The van der Waals surface area contributed by atoms with Crippen LogP contribution in [0.5, 0.6) is 0 Å². The molecule has 0 amide bonds. The maximum absolute atomic E-state index is 10.7. The fraction of sp³-hybridized carbons (Fsp3) is 0.500. The van der Waals surface area contributed by atoms with Gasteiger partial charge in [-0.15, -0.1) is 11.8 Å². The molecule has 0 bridgehead atoms. The Morgan fingerprint density at radius 3 is 2.35 bits per heavy atom. The van der Waals surface area contributed by atoms with Crippen LogP contribution in [0.1, 0.15) is 38.7 Å². The van der Waals surface area contributed by atoms with Crippen LogP contribution in [-0.2, 0) is 4.79 Å². The average molecular weight is 252 g/mol. The third kappa shape index (κ3) is 4.43. The quantitative estimate of drug-likeness (QED) is 0.777. The molecule has 0 spiro atoms. The van der Waals surface area contributed by atoms with Gasteiger partial charge in [0.1, 0.15) is 0 Å². The monoisotopic (exact) mass is 252 g/mol. The number of aliphatic carboxylic acids is 1. The van der Waals surface area contributed by atoms with Gasteiger partial charge in [0.05, 0.1) is 5.92 Å². The van der Waals surface area contributed by atoms with Crippen LogP contribution in [-0.4, -0.2) is 16.8 Å². The first-order valence-corrected chi connectivity index (χ1v) is 6.98. The summed E-state index contributed by atoms with van der Waals surface area (Å²) in [7, 11) is 0. The molecule has 2 atom stereocenters. The van der Waals surface area contributed by atoms with Crippen molar-refractivity contribution in [1.82, 2.24) is 0 Å². The first kappa shape index (κ1) is 14.1. The first-order chi connectivity index (χ1) is 8.04. The van der Waals surface area contributed by atoms with E-state index >= 15 is 0 Å². The number of rotatable bonds is 6. The maximum Gasteiger partial charge on any atom is 0.307 e. The molecule has 1 aromatic rings. The van der Waals surface area contributed by atoms with Crippen LogP contribution in [0.25, 0.3) is 0 Å². The SMILES string of the molecule is CCC(C)c1ccc(SCC(C)C(=O)O)cc1. The lowest BCUT2D eigenvalue weighted by Gasteiger charge is -2.10. The number of thioether (sulfide) groups is 1. The molecule has 0 fully saturated rings. The van der Waals surface area contributed by atoms with E-state index in [4.69, 9.17) is 5.11 Å². The van der Waals surface area contributed by atoms with Crippen LogP contribution in [0.3, 0.4) is 0 Å². The Labute approximate surface area is 107 Å². The van der Waals surface area contributed by atoms with Crippen molar-refractivity contribution >= 4 is 17.7 Å². The molecule has 0 aliphatic carbocycles. The van der Waals surface area contributed by atoms with E-state index in [1.54, 1.807) is 18.7 Å². The summed E-state index contributed by atoms with van der Waals surface area (Å²) in [6.07, 6.45) is 1.14. The van der Waals surface area contributed by atoms with Gasteiger partial charge in [-0.25, -0.2) is 0 Å². The molecule has 0 aliphatic heterocycles. The van der Waals surface area contributed by atoms with Gasteiger partial charge in [0.15, 0.2) is 0 Å². The minimum Gasteiger partial charge on any atom is -0.481 e. The Balaban J connectivity index is 2.54. The van der Waals surface area contributed by atoms with Crippen molar-refractivity contribution in [2.24, 2.45) is 5.92 Å². The zero-order valence-corrected chi connectivity index (χ0v) is 11.5. The molecule has 3 heteroatoms. The van der Waals surface area contributed by atoms with Gasteiger partial charge >= 0.3 is 5.97 Å². The molecule has 2 nitrogen and oxygen atoms in total. The van der Waals surface area contributed by atoms with Crippen LogP contribution in [0.4, 0.5) is 0 Å². The second-order valence-electron chi connectivity index (χ2n) is 4.43. The van der Waals surface area contributed by atoms with Crippen molar-refractivity contribution in [3.8, 4) is 0 Å². The lowest BCUT2D eigenvalue weighted by Crippen LogP contribution is -2.11. The third-order valence-corrected chi connectivity index (χ3v) is 4.26. The number of carboxylic acids is 1. The first-order valence-electron chi connectivity index (χ1n) is 6.00. The van der Waals surface area contributed by atoms with Crippen LogP contribution in [0.15, 0.2) is 29.2 Å². The lowest BCUT2D eigenvalue weighted by molar-refractivity contribution is -0.140. The summed E-state index contributed by atoms with van der Waals surface area (Å²) < 4.78 is 0. The Hall–Kier alpha value is -0.960. The van der Waals surface area contributed by atoms with Gasteiger partial charge in [-0.2, -0.15) is 0 Å². The fourth-order valence-corrected chi connectivity index (χ4v) is 2.33. The van der Waals surface area contributed by atoms with E-state index in [0.29, 0.717) is 11.7 Å². The zero-order valence-electron chi connectivity index (χ0n) is 10.6. The highest BCUT2D eigenvalue weighted by Crippen LogP contribution is 2.24. The second-order valence-corrected chi connectivity index (χ2v) is 5.52. The predicted octanol–water partition coefficient (Wildman–Crippen LogP) is 4.01. The van der Waals surface area contributed by atoms with Crippen molar-refractivity contribution in [2.45, 2.75) is 38.0 Å². The minimum atomic E-state index is -0.728. The smallest absolute Gasteiger partial charge is 0.307 e. The van der Waals surface area contributed by atoms with Gasteiger partial charge in [0.25, 0.3) is 0 Å². The average Bonchev–Trinajstić information content (AvgIpc) is 2.35. The van der Waals surface area contributed by atoms with E-state index in [2.05, 4.69) is 38.1 Å². The number of benzene rings is 1. The molecule has 0 saturated heterocycles. The molecule has 0 heterocycles. The van der Waals surface area contributed by atoms with Gasteiger partial charge in [-0.05, 0) is 30.0 Å². The van der Waals surface area contributed by atoms with Crippen molar-refractivity contribution in [1.29, 1.82) is 0 Å². The predicted molar refractivity (Wildman–Crippen MR) is 72.7 cm³/mol. The Morgan fingerprint density at radius 1 is 1.29 bits per heavy atom. The number of carboxylic acid groups (broad SMARTS) is 1. The van der Waals surface area contributed by atoms with Crippen LogP contribution >= 0.6 is 11.8 Å². The molecule has 94 valence electrons. The summed E-state index contributed by atoms with van der Waals surface area (Å²) in [5.41, 5.74) is 1.35. The molecule has 1 N–H and O–H groups in total. The van der Waals surface area contributed by atoms with Gasteiger partial charge in [0, 0.05) is 10.6 Å². The molecular weight excluding hydrogens is 232 g/mol. The van der Waals surface area contributed by atoms with Crippen LogP contribution in [0.2, 0.25) is 0 Å². The molecular formula is C14H20O2S. The summed E-state index contributed by atoms with van der Waals surface area (Å²) in [6.45, 7) is 6.14. The number of carbonyl (C=O) groups is 1. The van der Waals surface area contributed by atoms with E-state index in [1.165, 1.54) is 5.56 Å². The molecule has 0 radical (unpaired) electrons. The molecule has 0 aromatic heterocycles. The maximum atomic E-state index is 10.7. The fourth-order valence-electron chi connectivity index (χ4n) is 1.42. The molecule has 0 saturated carbocycles.